The fraction of sp³-hybridized carbons (Fsp3) is 0.500. The van der Waals surface area contributed by atoms with E-state index in [1.165, 1.54) is 42.4 Å². The van der Waals surface area contributed by atoms with E-state index in [1.54, 1.807) is 0 Å². The van der Waals surface area contributed by atoms with E-state index in [4.69, 9.17) is 0 Å². The number of halogens is 1. The monoisotopic (exact) mass is 316 g/mol. The van der Waals surface area contributed by atoms with Gasteiger partial charge in [0.05, 0.1) is 23.6 Å². The van der Waals surface area contributed by atoms with Gasteiger partial charge >= 0.3 is 0 Å². The van der Waals surface area contributed by atoms with E-state index in [0.717, 1.165) is 13.1 Å². The number of benzene rings is 1. The summed E-state index contributed by atoms with van der Waals surface area (Å²) in [6, 6.07) is 4.23. The molecule has 1 aromatic carbocycles. The lowest BCUT2D eigenvalue weighted by molar-refractivity contribution is -0.918. The highest BCUT2D eigenvalue weighted by Gasteiger charge is 2.18. The van der Waals surface area contributed by atoms with Gasteiger partial charge in [0.15, 0.2) is 0 Å². The summed E-state index contributed by atoms with van der Waals surface area (Å²) in [4.78, 5) is 11.6. The SMILES string of the molecule is O=[N+]([O-])c1ccc(O)c(C[NH+]2CCCCC2)c1.[Br-]. The minimum absolute atomic E-state index is 0. The third kappa shape index (κ3) is 3.68. The average molecular weight is 317 g/mol. The molecule has 1 fully saturated rings. The van der Waals surface area contributed by atoms with Crippen LogP contribution in [0.2, 0.25) is 0 Å². The second-order valence-corrected chi connectivity index (χ2v) is 4.56. The molecule has 0 unspecified atom stereocenters. The Bertz CT molecular complexity index is 420. The molecule has 1 saturated heterocycles. The number of phenols is 1. The van der Waals surface area contributed by atoms with Crippen LogP contribution in [-0.4, -0.2) is 23.1 Å². The van der Waals surface area contributed by atoms with E-state index >= 15 is 0 Å². The van der Waals surface area contributed by atoms with Gasteiger partial charge in [0.2, 0.25) is 0 Å². The van der Waals surface area contributed by atoms with Crippen LogP contribution in [0.1, 0.15) is 24.8 Å². The summed E-state index contributed by atoms with van der Waals surface area (Å²) in [7, 11) is 0. The molecule has 0 aliphatic carbocycles. The normalized spacial score (nSPS) is 16.0. The molecule has 1 heterocycles. The summed E-state index contributed by atoms with van der Waals surface area (Å²) < 4.78 is 0. The third-order valence-electron chi connectivity index (χ3n) is 3.28. The summed E-state index contributed by atoms with van der Waals surface area (Å²) in [5, 5.41) is 20.4. The van der Waals surface area contributed by atoms with Crippen molar-refractivity contribution in [3.8, 4) is 5.75 Å². The molecule has 1 aliphatic rings. The average Bonchev–Trinajstić information content (AvgIpc) is 2.33. The van der Waals surface area contributed by atoms with Crippen molar-refractivity contribution in [2.24, 2.45) is 0 Å². The van der Waals surface area contributed by atoms with Crippen LogP contribution in [0.3, 0.4) is 0 Å². The van der Waals surface area contributed by atoms with Gasteiger partial charge in [0.25, 0.3) is 5.69 Å². The quantitative estimate of drug-likeness (QED) is 0.495. The first kappa shape index (κ1) is 14.9. The second-order valence-electron chi connectivity index (χ2n) is 4.56. The lowest BCUT2D eigenvalue weighted by Crippen LogP contribution is -3.11. The molecule has 0 spiro atoms. The third-order valence-corrected chi connectivity index (χ3v) is 3.28. The number of nitro groups is 1. The number of nitrogens with one attached hydrogen (secondary N) is 1. The largest absolute Gasteiger partial charge is 1.00 e. The van der Waals surface area contributed by atoms with Crippen LogP contribution in [0.5, 0.6) is 5.75 Å². The highest BCUT2D eigenvalue weighted by molar-refractivity contribution is 5.42. The molecule has 0 bridgehead atoms. The summed E-state index contributed by atoms with van der Waals surface area (Å²) >= 11 is 0. The number of nitrogens with zero attached hydrogens (tertiary/aromatic N) is 1. The van der Waals surface area contributed by atoms with Crippen LogP contribution in [0.4, 0.5) is 5.69 Å². The molecule has 1 aliphatic heterocycles. The highest BCUT2D eigenvalue weighted by atomic mass is 79.9. The van der Waals surface area contributed by atoms with Gasteiger partial charge in [-0.15, -0.1) is 0 Å². The fourth-order valence-corrected chi connectivity index (χ4v) is 2.32. The number of phenolic OH excluding ortho intramolecular Hbond substituents is 1. The molecular formula is C12H17BrN2O3. The number of hydrogen-bond acceptors (Lipinski definition) is 3. The summed E-state index contributed by atoms with van der Waals surface area (Å²) in [6.07, 6.45) is 3.67. The van der Waals surface area contributed by atoms with Gasteiger partial charge in [0, 0.05) is 12.1 Å². The van der Waals surface area contributed by atoms with Crippen LogP contribution in [0, 0.1) is 10.1 Å². The zero-order chi connectivity index (χ0) is 12.3. The molecule has 5 nitrogen and oxygen atoms in total. The van der Waals surface area contributed by atoms with E-state index < -0.39 is 4.92 Å². The first-order chi connectivity index (χ1) is 8.16. The Hall–Kier alpha value is -1.14. The number of nitro benzene ring substituents is 1. The molecule has 1 aromatic rings. The van der Waals surface area contributed by atoms with Gasteiger partial charge in [-0.2, -0.15) is 0 Å². The molecule has 0 aromatic heterocycles. The molecule has 0 saturated carbocycles. The summed E-state index contributed by atoms with van der Waals surface area (Å²) in [6.45, 7) is 2.85. The lowest BCUT2D eigenvalue weighted by atomic mass is 10.1. The molecule has 6 heteroatoms. The van der Waals surface area contributed by atoms with Gasteiger partial charge in [-0.25, -0.2) is 0 Å². The highest BCUT2D eigenvalue weighted by Crippen LogP contribution is 2.22. The maximum absolute atomic E-state index is 10.7. The Morgan fingerprint density at radius 2 is 1.94 bits per heavy atom. The van der Waals surface area contributed by atoms with Crippen molar-refractivity contribution in [2.45, 2.75) is 25.8 Å². The van der Waals surface area contributed by atoms with Crippen molar-refractivity contribution >= 4 is 5.69 Å². The maximum Gasteiger partial charge on any atom is 0.270 e. The summed E-state index contributed by atoms with van der Waals surface area (Å²) in [5.41, 5.74) is 0.727. The fourth-order valence-electron chi connectivity index (χ4n) is 2.32. The number of hydrogen-bond donors (Lipinski definition) is 2. The van der Waals surface area contributed by atoms with Crippen molar-refractivity contribution in [1.29, 1.82) is 0 Å². The van der Waals surface area contributed by atoms with Crippen LogP contribution < -0.4 is 21.9 Å². The number of rotatable bonds is 3. The van der Waals surface area contributed by atoms with Crippen molar-refractivity contribution in [2.75, 3.05) is 13.1 Å². The standard InChI is InChI=1S/C12H16N2O3.BrH/c15-12-5-4-11(14(16)17)8-10(12)9-13-6-2-1-3-7-13;/h4-5,8,15H,1-3,6-7,9H2;1H. The number of likely N-dealkylation sites (tertiary alicyclic amines) is 1. The van der Waals surface area contributed by atoms with Crippen LogP contribution in [0.15, 0.2) is 18.2 Å². The molecule has 2 rings (SSSR count). The van der Waals surface area contributed by atoms with Gasteiger partial charge in [-0.1, -0.05) is 0 Å². The molecule has 0 radical (unpaired) electrons. The molecular weight excluding hydrogens is 300 g/mol. The van der Waals surface area contributed by atoms with Crippen LogP contribution in [0.25, 0.3) is 0 Å². The number of aromatic hydroxyl groups is 1. The molecule has 0 atom stereocenters. The molecule has 0 amide bonds. The predicted octanol–water partition coefficient (Wildman–Crippen LogP) is -2.13. The first-order valence-corrected chi connectivity index (χ1v) is 5.96. The molecule has 18 heavy (non-hydrogen) atoms. The van der Waals surface area contributed by atoms with Crippen molar-refractivity contribution in [3.63, 3.8) is 0 Å². The van der Waals surface area contributed by atoms with E-state index in [1.807, 2.05) is 0 Å². The van der Waals surface area contributed by atoms with E-state index in [-0.39, 0.29) is 28.4 Å². The van der Waals surface area contributed by atoms with E-state index in [2.05, 4.69) is 0 Å². The zero-order valence-corrected chi connectivity index (χ0v) is 11.6. The van der Waals surface area contributed by atoms with Crippen molar-refractivity contribution in [1.82, 2.24) is 0 Å². The first-order valence-electron chi connectivity index (χ1n) is 5.96. The van der Waals surface area contributed by atoms with Crippen molar-refractivity contribution in [3.05, 3.63) is 33.9 Å². The molecule has 2 N–H and O–H groups in total. The summed E-state index contributed by atoms with van der Waals surface area (Å²) in [5.74, 6) is 0.161. The second kappa shape index (κ2) is 6.70. The van der Waals surface area contributed by atoms with Crippen LogP contribution in [-0.2, 0) is 6.54 Å². The Morgan fingerprint density at radius 1 is 1.28 bits per heavy atom. The molecule has 100 valence electrons. The zero-order valence-electron chi connectivity index (χ0n) is 10.1. The van der Waals surface area contributed by atoms with Gasteiger partial charge in [-0.3, -0.25) is 10.1 Å². The smallest absolute Gasteiger partial charge is 0.270 e. The van der Waals surface area contributed by atoms with Gasteiger partial charge < -0.3 is 27.0 Å². The van der Waals surface area contributed by atoms with Crippen LogP contribution >= 0.6 is 0 Å². The number of quaternary nitrogens is 1. The minimum atomic E-state index is -0.422. The van der Waals surface area contributed by atoms with Gasteiger partial charge in [-0.05, 0) is 25.3 Å². The lowest BCUT2D eigenvalue weighted by Gasteiger charge is -2.23. The van der Waals surface area contributed by atoms with Crippen molar-refractivity contribution < 1.29 is 31.9 Å². The topological polar surface area (TPSA) is 67.8 Å². The van der Waals surface area contributed by atoms with E-state index in [0.29, 0.717) is 12.1 Å². The Labute approximate surface area is 116 Å². The maximum atomic E-state index is 10.7. The number of piperidine rings is 1. The Morgan fingerprint density at radius 3 is 2.56 bits per heavy atom. The Balaban J connectivity index is 0.00000162. The minimum Gasteiger partial charge on any atom is -1.00 e. The predicted molar refractivity (Wildman–Crippen MR) is 63.0 cm³/mol. The van der Waals surface area contributed by atoms with Gasteiger partial charge in [0.1, 0.15) is 12.3 Å². The number of non-ortho nitro benzene ring substituents is 1. The van der Waals surface area contributed by atoms with E-state index in [9.17, 15) is 15.2 Å². The Kier molecular flexibility index (Phi) is 5.55.